The number of carbonyl (C=O) groups is 1. The Hall–Kier alpha value is -2.89. The maximum Gasteiger partial charge on any atom is 0.182 e. The number of nitrogens with zero attached hydrogens (tertiary/aromatic N) is 3. The molecule has 6 heteroatoms. The van der Waals surface area contributed by atoms with Gasteiger partial charge in [0.25, 0.3) is 0 Å². The first-order valence-corrected chi connectivity index (χ1v) is 11.1. The van der Waals surface area contributed by atoms with Crippen LogP contribution in [0, 0.1) is 5.41 Å². The van der Waals surface area contributed by atoms with Crippen molar-refractivity contribution < 1.29 is 9.53 Å². The summed E-state index contributed by atoms with van der Waals surface area (Å²) in [6.07, 6.45) is 0.834. The summed E-state index contributed by atoms with van der Waals surface area (Å²) < 4.78 is 6.06. The van der Waals surface area contributed by atoms with Crippen LogP contribution in [-0.4, -0.2) is 47.7 Å². The molecule has 1 aromatic carbocycles. The van der Waals surface area contributed by atoms with E-state index in [-0.39, 0.29) is 17.7 Å². The topological polar surface area (TPSA) is 69.5 Å². The zero-order valence-corrected chi connectivity index (χ0v) is 19.2. The van der Waals surface area contributed by atoms with Crippen LogP contribution in [0.25, 0.3) is 0 Å². The molecule has 4 rings (SSSR count). The number of hydrogen-bond acceptors (Lipinski definition) is 5. The molecule has 0 amide bonds. The second kappa shape index (κ2) is 7.98. The van der Waals surface area contributed by atoms with Gasteiger partial charge in [-0.05, 0) is 37.0 Å². The predicted octanol–water partition coefficient (Wildman–Crippen LogP) is 4.18. The van der Waals surface area contributed by atoms with Crippen LogP contribution in [0.2, 0.25) is 0 Å². The van der Waals surface area contributed by atoms with Crippen LogP contribution in [0.15, 0.2) is 24.3 Å². The summed E-state index contributed by atoms with van der Waals surface area (Å²) in [6, 6.07) is 8.00. The third kappa shape index (κ3) is 3.91. The minimum atomic E-state index is -0.145. The van der Waals surface area contributed by atoms with E-state index in [9.17, 15) is 4.79 Å². The summed E-state index contributed by atoms with van der Waals surface area (Å²) in [4.78, 5) is 22.1. The number of anilines is 1. The van der Waals surface area contributed by atoms with E-state index >= 15 is 0 Å². The van der Waals surface area contributed by atoms with Gasteiger partial charge in [-0.1, -0.05) is 33.8 Å². The molecule has 2 aliphatic rings. The number of fused-ring (bicyclic) bond motifs is 2. The van der Waals surface area contributed by atoms with Crippen molar-refractivity contribution in [2.75, 3.05) is 31.1 Å². The molecule has 31 heavy (non-hydrogen) atoms. The number of hydrogen-bond donors (Lipinski definition) is 1. The van der Waals surface area contributed by atoms with Gasteiger partial charge in [0.05, 0.1) is 18.8 Å². The Kier molecular flexibility index (Phi) is 5.50. The number of aromatic nitrogens is 1. The van der Waals surface area contributed by atoms with E-state index in [0.29, 0.717) is 30.2 Å². The van der Waals surface area contributed by atoms with Crippen molar-refractivity contribution in [3.05, 3.63) is 52.3 Å². The maximum absolute atomic E-state index is 13.4. The first-order valence-electron chi connectivity index (χ1n) is 11.1. The van der Waals surface area contributed by atoms with E-state index in [0.717, 1.165) is 47.8 Å². The Labute approximate surface area is 184 Å². The van der Waals surface area contributed by atoms with E-state index < -0.39 is 0 Å². The first-order chi connectivity index (χ1) is 14.7. The molecule has 1 N–H and O–H groups in total. The number of benzene rings is 1. The van der Waals surface area contributed by atoms with Gasteiger partial charge in [0, 0.05) is 35.5 Å². The summed E-state index contributed by atoms with van der Waals surface area (Å²) in [5.41, 5.74) is 5.28. The predicted molar refractivity (Wildman–Crippen MR) is 124 cm³/mol. The van der Waals surface area contributed by atoms with Crippen molar-refractivity contribution in [1.82, 2.24) is 9.88 Å². The summed E-state index contributed by atoms with van der Waals surface area (Å²) in [5, 5.41) is 8.55. The zero-order valence-electron chi connectivity index (χ0n) is 19.2. The quantitative estimate of drug-likeness (QED) is 0.735. The molecule has 0 radical (unpaired) electrons. The van der Waals surface area contributed by atoms with E-state index in [1.165, 1.54) is 0 Å². The molecule has 0 fully saturated rings. The van der Waals surface area contributed by atoms with Gasteiger partial charge in [0.15, 0.2) is 5.78 Å². The highest BCUT2D eigenvalue weighted by atomic mass is 16.5. The van der Waals surface area contributed by atoms with Gasteiger partial charge >= 0.3 is 0 Å². The average molecular weight is 421 g/mol. The monoisotopic (exact) mass is 420 g/mol. The van der Waals surface area contributed by atoms with Gasteiger partial charge in [-0.15, -0.1) is 0 Å². The van der Waals surface area contributed by atoms with E-state index in [1.807, 2.05) is 29.2 Å². The zero-order chi connectivity index (χ0) is 22.3. The largest absolute Gasteiger partial charge is 0.489 e. The molecular weight excluding hydrogens is 388 g/mol. The Balaban J connectivity index is 1.64. The number of pyridine rings is 1. The molecule has 2 aliphatic heterocycles. The molecule has 1 aromatic heterocycles. The molecule has 0 bridgehead atoms. The van der Waals surface area contributed by atoms with E-state index in [1.54, 1.807) is 0 Å². The third-order valence-electron chi connectivity index (χ3n) is 6.16. The van der Waals surface area contributed by atoms with Crippen molar-refractivity contribution in [2.24, 2.45) is 0 Å². The molecule has 0 saturated heterocycles. The molecule has 164 valence electrons. The molecule has 0 unspecified atom stereocenters. The lowest BCUT2D eigenvalue weighted by atomic mass is 9.84. The molecule has 0 atom stereocenters. The molecule has 6 nitrogen and oxygen atoms in total. The molecule has 0 saturated carbocycles. The minimum Gasteiger partial charge on any atom is -0.489 e. The van der Waals surface area contributed by atoms with Crippen molar-refractivity contribution >= 4 is 17.3 Å². The number of Topliss-reactive ketones (excluding diaryl/α,β-unsaturated/α-hetero) is 1. The minimum absolute atomic E-state index is 0.0168. The average Bonchev–Trinajstić information content (AvgIpc) is 3.06. The van der Waals surface area contributed by atoms with Crippen molar-refractivity contribution in [3.63, 3.8) is 0 Å². The fourth-order valence-electron chi connectivity index (χ4n) is 4.32. The summed E-state index contributed by atoms with van der Waals surface area (Å²) in [5.74, 6) is 1.25. The van der Waals surface area contributed by atoms with Crippen LogP contribution in [-0.2, 0) is 18.4 Å². The Morgan fingerprint density at radius 3 is 2.65 bits per heavy atom. The Morgan fingerprint density at radius 1 is 1.19 bits per heavy atom. The summed E-state index contributed by atoms with van der Waals surface area (Å²) >= 11 is 0. The number of aryl methyl sites for hydroxylation is 1. The Bertz CT molecular complexity index is 1040. The van der Waals surface area contributed by atoms with Gasteiger partial charge in [0.2, 0.25) is 0 Å². The second-order valence-electron chi connectivity index (χ2n) is 9.34. The van der Waals surface area contributed by atoms with Crippen molar-refractivity contribution in [1.29, 1.82) is 5.41 Å². The number of rotatable bonds is 5. The number of likely N-dealkylation sites (N-methyl/N-ethyl adjacent to an activating group) is 1. The fourth-order valence-corrected chi connectivity index (χ4v) is 4.32. The Morgan fingerprint density at radius 2 is 1.97 bits per heavy atom. The van der Waals surface area contributed by atoms with E-state index in [4.69, 9.17) is 10.1 Å². The highest BCUT2D eigenvalue weighted by molar-refractivity contribution is 6.05. The normalized spacial score (nSPS) is 15.6. The molecule has 0 spiro atoms. The standard InChI is InChI=1S/C25H32N4O2/c1-6-18-9-8-16-14-29(24(26)22(16)27-18)15-21(30)17-12-19(25(3,4)5)23-20(13-17)28(7-2)10-11-31-23/h8-9,12-13,26H,6-7,10-11,14-15H2,1-5H3. The SMILES string of the molecule is CCc1ccc2c(n1)C(=N)N(CC(=O)c1cc3c(c(C(C)(C)C)c1)OCCN3CC)C2. The lowest BCUT2D eigenvalue weighted by molar-refractivity contribution is 0.0962. The smallest absolute Gasteiger partial charge is 0.182 e. The van der Waals surface area contributed by atoms with Gasteiger partial charge < -0.3 is 14.5 Å². The van der Waals surface area contributed by atoms with Crippen molar-refractivity contribution in [3.8, 4) is 5.75 Å². The second-order valence-corrected chi connectivity index (χ2v) is 9.34. The van der Waals surface area contributed by atoms with Gasteiger partial charge in [0.1, 0.15) is 23.9 Å². The number of ether oxygens (including phenoxy) is 1. The lowest BCUT2D eigenvalue weighted by Gasteiger charge is -2.35. The lowest BCUT2D eigenvalue weighted by Crippen LogP contribution is -2.35. The van der Waals surface area contributed by atoms with Gasteiger partial charge in [-0.3, -0.25) is 10.2 Å². The molecule has 2 aromatic rings. The number of nitrogens with one attached hydrogen (secondary N) is 1. The van der Waals surface area contributed by atoms with Crippen LogP contribution in [0.3, 0.4) is 0 Å². The molecule has 3 heterocycles. The fraction of sp³-hybridized carbons (Fsp3) is 0.480. The summed E-state index contributed by atoms with van der Waals surface area (Å²) in [7, 11) is 0. The number of ketones is 1. The van der Waals surface area contributed by atoms with E-state index in [2.05, 4.69) is 44.5 Å². The van der Waals surface area contributed by atoms with Gasteiger partial charge in [-0.2, -0.15) is 0 Å². The van der Waals surface area contributed by atoms with Crippen LogP contribution < -0.4 is 9.64 Å². The number of amidine groups is 1. The van der Waals surface area contributed by atoms with Crippen LogP contribution in [0.1, 0.15) is 67.5 Å². The van der Waals surface area contributed by atoms with Crippen LogP contribution in [0.4, 0.5) is 5.69 Å². The summed E-state index contributed by atoms with van der Waals surface area (Å²) in [6.45, 7) is 13.7. The van der Waals surface area contributed by atoms with Gasteiger partial charge in [-0.25, -0.2) is 4.98 Å². The van der Waals surface area contributed by atoms with Crippen molar-refractivity contribution in [2.45, 2.75) is 53.0 Å². The van der Waals surface area contributed by atoms with Crippen LogP contribution in [0.5, 0.6) is 5.75 Å². The molecule has 0 aliphatic carbocycles. The number of carbonyl (C=O) groups excluding carboxylic acids is 1. The third-order valence-corrected chi connectivity index (χ3v) is 6.16. The maximum atomic E-state index is 13.4. The first kappa shape index (κ1) is 21.3. The van der Waals surface area contributed by atoms with Crippen LogP contribution >= 0.6 is 0 Å². The highest BCUT2D eigenvalue weighted by Crippen LogP contribution is 2.42. The highest BCUT2D eigenvalue weighted by Gasteiger charge is 2.31. The molecular formula is C25H32N4O2.